The Morgan fingerprint density at radius 3 is 2.17 bits per heavy atom. The highest BCUT2D eigenvalue weighted by molar-refractivity contribution is 6.24. The summed E-state index contributed by atoms with van der Waals surface area (Å²) in [4.78, 5) is 28.0. The first kappa shape index (κ1) is 17.9. The third kappa shape index (κ3) is 3.55. The van der Waals surface area contributed by atoms with Crippen LogP contribution in [0.4, 0.5) is 19.0 Å². The van der Waals surface area contributed by atoms with Crippen LogP contribution in [0.5, 0.6) is 0 Å². The summed E-state index contributed by atoms with van der Waals surface area (Å²) >= 11 is 0. The summed E-state index contributed by atoms with van der Waals surface area (Å²) in [7, 11) is 0. The van der Waals surface area contributed by atoms with Gasteiger partial charge in [0.2, 0.25) is 0 Å². The minimum Gasteiger partial charge on any atom is -0.370 e. The van der Waals surface area contributed by atoms with Crippen molar-refractivity contribution in [3.8, 4) is 0 Å². The van der Waals surface area contributed by atoms with Gasteiger partial charge < -0.3 is 5.32 Å². The Hall–Kier alpha value is -2.44. The number of Topliss-reactive ketones (excluding diaryl/α,β-unsaturated/α-hetero) is 2. The van der Waals surface area contributed by atoms with Crippen LogP contribution >= 0.6 is 0 Å². The van der Waals surface area contributed by atoms with Gasteiger partial charge in [0.1, 0.15) is 5.82 Å². The number of carbonyl (C=O) groups is 2. The first-order valence-electron chi connectivity index (χ1n) is 7.36. The van der Waals surface area contributed by atoms with E-state index in [4.69, 9.17) is 0 Å². The van der Waals surface area contributed by atoms with Crippen molar-refractivity contribution in [1.82, 2.24) is 4.98 Å². The molecule has 1 heterocycles. The Balaban J connectivity index is 2.02. The van der Waals surface area contributed by atoms with E-state index in [1.807, 2.05) is 0 Å². The van der Waals surface area contributed by atoms with Crippen LogP contribution in [0.2, 0.25) is 0 Å². The molecule has 1 aliphatic rings. The molecule has 0 saturated heterocycles. The number of ketones is 2. The van der Waals surface area contributed by atoms with E-state index >= 15 is 0 Å². The molecule has 0 aliphatic heterocycles. The van der Waals surface area contributed by atoms with Gasteiger partial charge in [-0.3, -0.25) is 9.59 Å². The molecule has 1 aliphatic carbocycles. The molecule has 0 saturated carbocycles. The van der Waals surface area contributed by atoms with E-state index in [-0.39, 0.29) is 23.9 Å². The number of anilines is 1. The molecule has 128 valence electrons. The lowest BCUT2D eigenvalue weighted by atomic mass is 9.84. The van der Waals surface area contributed by atoms with Gasteiger partial charge in [0, 0.05) is 35.0 Å². The molecule has 2 rings (SSSR count). The molecule has 7 heteroatoms. The highest BCUT2D eigenvalue weighted by atomic mass is 19.4. The fraction of sp³-hybridized carbons (Fsp3) is 0.353. The number of halogens is 3. The Labute approximate surface area is 137 Å². The lowest BCUT2D eigenvalue weighted by molar-refractivity contribution is -0.137. The first-order chi connectivity index (χ1) is 11.1. The van der Waals surface area contributed by atoms with E-state index in [0.29, 0.717) is 28.7 Å². The maximum Gasteiger partial charge on any atom is 0.417 e. The number of hydrogen-bond acceptors (Lipinski definition) is 4. The van der Waals surface area contributed by atoms with Gasteiger partial charge in [-0.15, -0.1) is 0 Å². The molecule has 0 atom stereocenters. The van der Waals surface area contributed by atoms with Crippen molar-refractivity contribution in [3.63, 3.8) is 0 Å². The zero-order valence-electron chi connectivity index (χ0n) is 13.5. The Morgan fingerprint density at radius 2 is 1.62 bits per heavy atom. The SMILES string of the molecule is CC1=C(C)C(=O)C(CCNc2ccc(C(F)(F)F)cn2)=C(C)C1=O. The van der Waals surface area contributed by atoms with E-state index in [2.05, 4.69) is 10.3 Å². The van der Waals surface area contributed by atoms with Crippen LogP contribution in [0, 0.1) is 0 Å². The van der Waals surface area contributed by atoms with Crippen LogP contribution in [-0.4, -0.2) is 23.1 Å². The van der Waals surface area contributed by atoms with E-state index in [0.717, 1.165) is 12.3 Å². The number of aromatic nitrogens is 1. The molecule has 0 unspecified atom stereocenters. The van der Waals surface area contributed by atoms with E-state index in [1.54, 1.807) is 20.8 Å². The lowest BCUT2D eigenvalue weighted by Crippen LogP contribution is -2.22. The second-order valence-electron chi connectivity index (χ2n) is 5.62. The van der Waals surface area contributed by atoms with Gasteiger partial charge in [-0.25, -0.2) is 4.98 Å². The predicted octanol–water partition coefficient (Wildman–Crippen LogP) is 3.71. The number of hydrogen-bond donors (Lipinski definition) is 1. The summed E-state index contributed by atoms with van der Waals surface area (Å²) < 4.78 is 37.4. The summed E-state index contributed by atoms with van der Waals surface area (Å²) in [6.45, 7) is 5.14. The number of nitrogens with one attached hydrogen (secondary N) is 1. The molecule has 1 aromatic rings. The standard InChI is InChI=1S/C17H17F3N2O2/c1-9-10(2)16(24)13(11(3)15(9)23)6-7-21-14-5-4-12(8-22-14)17(18,19)20/h4-5,8H,6-7H2,1-3H3,(H,21,22). The maximum atomic E-state index is 12.5. The van der Waals surface area contributed by atoms with Crippen molar-refractivity contribution in [2.24, 2.45) is 0 Å². The van der Waals surface area contributed by atoms with Crippen molar-refractivity contribution < 1.29 is 22.8 Å². The Bertz CT molecular complexity index is 744. The predicted molar refractivity (Wildman–Crippen MR) is 83.4 cm³/mol. The van der Waals surface area contributed by atoms with Gasteiger partial charge in [-0.05, 0) is 39.3 Å². The third-order valence-corrected chi connectivity index (χ3v) is 4.08. The normalized spacial score (nSPS) is 16.1. The smallest absolute Gasteiger partial charge is 0.370 e. The maximum absolute atomic E-state index is 12.5. The molecule has 1 aromatic heterocycles. The van der Waals surface area contributed by atoms with E-state index < -0.39 is 11.7 Å². The number of pyridine rings is 1. The van der Waals surface area contributed by atoms with Crippen molar-refractivity contribution in [3.05, 3.63) is 46.2 Å². The van der Waals surface area contributed by atoms with Crippen LogP contribution in [0.3, 0.4) is 0 Å². The molecular formula is C17H17F3N2O2. The Morgan fingerprint density at radius 1 is 1.00 bits per heavy atom. The van der Waals surface area contributed by atoms with Crippen LogP contribution in [0.1, 0.15) is 32.8 Å². The molecule has 24 heavy (non-hydrogen) atoms. The van der Waals surface area contributed by atoms with Crippen LogP contribution < -0.4 is 5.32 Å². The second-order valence-corrected chi connectivity index (χ2v) is 5.62. The molecule has 0 spiro atoms. The zero-order chi connectivity index (χ0) is 18.1. The summed E-state index contributed by atoms with van der Waals surface area (Å²) in [5, 5.41) is 2.86. The minimum absolute atomic E-state index is 0.144. The van der Waals surface area contributed by atoms with Crippen molar-refractivity contribution in [1.29, 1.82) is 0 Å². The summed E-state index contributed by atoms with van der Waals surface area (Å²) in [5.74, 6) is -0.0270. The molecular weight excluding hydrogens is 321 g/mol. The van der Waals surface area contributed by atoms with Crippen molar-refractivity contribution >= 4 is 17.4 Å². The summed E-state index contributed by atoms with van der Waals surface area (Å²) in [6, 6.07) is 2.17. The summed E-state index contributed by atoms with van der Waals surface area (Å²) in [6.07, 6.45) is -3.38. The molecule has 0 bridgehead atoms. The first-order valence-corrected chi connectivity index (χ1v) is 7.36. The quantitative estimate of drug-likeness (QED) is 0.851. The number of allylic oxidation sites excluding steroid dienone is 3. The van der Waals surface area contributed by atoms with Crippen molar-refractivity contribution in [2.75, 3.05) is 11.9 Å². The third-order valence-electron chi connectivity index (χ3n) is 4.08. The van der Waals surface area contributed by atoms with Gasteiger partial charge in [0.25, 0.3) is 0 Å². The van der Waals surface area contributed by atoms with Crippen LogP contribution in [0.15, 0.2) is 40.6 Å². The van der Waals surface area contributed by atoms with Crippen molar-refractivity contribution in [2.45, 2.75) is 33.4 Å². The van der Waals surface area contributed by atoms with Gasteiger partial charge in [0.05, 0.1) is 5.56 Å². The number of carbonyl (C=O) groups excluding carboxylic acids is 2. The average Bonchev–Trinajstić information content (AvgIpc) is 2.54. The molecule has 0 amide bonds. The van der Waals surface area contributed by atoms with Crippen LogP contribution in [-0.2, 0) is 15.8 Å². The van der Waals surface area contributed by atoms with E-state index in [1.165, 1.54) is 6.07 Å². The fourth-order valence-corrected chi connectivity index (χ4v) is 2.44. The largest absolute Gasteiger partial charge is 0.417 e. The second kappa shape index (κ2) is 6.59. The van der Waals surface area contributed by atoms with Crippen LogP contribution in [0.25, 0.3) is 0 Å². The molecule has 0 aromatic carbocycles. The van der Waals surface area contributed by atoms with Gasteiger partial charge >= 0.3 is 6.18 Å². The summed E-state index contributed by atoms with van der Waals surface area (Å²) in [5.41, 5.74) is 0.926. The fourth-order valence-electron chi connectivity index (χ4n) is 2.44. The monoisotopic (exact) mass is 338 g/mol. The molecule has 4 nitrogen and oxygen atoms in total. The highest BCUT2D eigenvalue weighted by Crippen LogP contribution is 2.29. The topological polar surface area (TPSA) is 59.1 Å². The number of rotatable bonds is 4. The van der Waals surface area contributed by atoms with Gasteiger partial charge in [-0.1, -0.05) is 0 Å². The Kier molecular flexibility index (Phi) is 4.91. The van der Waals surface area contributed by atoms with Gasteiger partial charge in [-0.2, -0.15) is 13.2 Å². The number of alkyl halides is 3. The highest BCUT2D eigenvalue weighted by Gasteiger charge is 2.30. The average molecular weight is 338 g/mol. The molecule has 0 radical (unpaired) electrons. The minimum atomic E-state index is -4.43. The molecule has 0 fully saturated rings. The lowest BCUT2D eigenvalue weighted by Gasteiger charge is -2.18. The van der Waals surface area contributed by atoms with E-state index in [9.17, 15) is 22.8 Å². The molecule has 1 N–H and O–H groups in total. The number of nitrogens with zero attached hydrogens (tertiary/aromatic N) is 1. The zero-order valence-corrected chi connectivity index (χ0v) is 13.5. The van der Waals surface area contributed by atoms with Gasteiger partial charge in [0.15, 0.2) is 11.6 Å².